The smallest absolute Gasteiger partial charge is 0.0191 e. The van der Waals surface area contributed by atoms with E-state index in [2.05, 4.69) is 23.6 Å². The highest BCUT2D eigenvalue weighted by Gasteiger charge is 2.29. The molecule has 0 aromatic heterocycles. The van der Waals surface area contributed by atoms with E-state index in [1.54, 1.807) is 0 Å². The van der Waals surface area contributed by atoms with E-state index in [0.717, 1.165) is 97.4 Å². The molecule has 8 N–H and O–H groups in total. The van der Waals surface area contributed by atoms with Gasteiger partial charge in [0, 0.05) is 5.54 Å². The summed E-state index contributed by atoms with van der Waals surface area (Å²) in [7, 11) is 0. The van der Waals surface area contributed by atoms with E-state index in [1.807, 2.05) is 0 Å². The van der Waals surface area contributed by atoms with E-state index in [4.69, 9.17) is 22.9 Å². The van der Waals surface area contributed by atoms with Crippen LogP contribution in [0.2, 0.25) is 0 Å². The van der Waals surface area contributed by atoms with Gasteiger partial charge >= 0.3 is 0 Å². The van der Waals surface area contributed by atoms with Crippen molar-refractivity contribution in [3.8, 4) is 0 Å². The number of hydrogen-bond acceptors (Lipinski definition) is 6. The van der Waals surface area contributed by atoms with Gasteiger partial charge in [0.05, 0.1) is 0 Å². The Morgan fingerprint density at radius 2 is 1.08 bits per heavy atom. The SMILES string of the molecule is CCC(C)(CCN(CCCN)CCCN)N(CCCN)CCCN. The van der Waals surface area contributed by atoms with E-state index >= 15 is 0 Å². The molecule has 0 spiro atoms. The van der Waals surface area contributed by atoms with Gasteiger partial charge in [-0.15, -0.1) is 0 Å². The maximum absolute atomic E-state index is 5.74. The Morgan fingerprint density at radius 1 is 0.667 bits per heavy atom. The maximum atomic E-state index is 5.74. The molecule has 0 aliphatic carbocycles. The molecule has 6 heteroatoms. The summed E-state index contributed by atoms with van der Waals surface area (Å²) in [5, 5.41) is 0. The van der Waals surface area contributed by atoms with Gasteiger partial charge < -0.3 is 27.8 Å². The molecule has 0 aliphatic rings. The summed E-state index contributed by atoms with van der Waals surface area (Å²) in [6, 6.07) is 0. The standard InChI is InChI=1S/C18H44N6/c1-3-18(2,24(15-6-11-21)16-7-12-22)8-17-23(13-4-9-19)14-5-10-20/h3-17,19-22H2,1-2H3. The largest absolute Gasteiger partial charge is 0.330 e. The second-order valence-electron chi connectivity index (χ2n) is 7.00. The molecule has 0 radical (unpaired) electrons. The normalized spacial score (nSPS) is 14.5. The summed E-state index contributed by atoms with van der Waals surface area (Å²) < 4.78 is 0. The Kier molecular flexibility index (Phi) is 14.9. The lowest BCUT2D eigenvalue weighted by molar-refractivity contribution is 0.0749. The van der Waals surface area contributed by atoms with Crippen LogP contribution in [0.25, 0.3) is 0 Å². The van der Waals surface area contributed by atoms with Crippen molar-refractivity contribution in [3.05, 3.63) is 0 Å². The van der Waals surface area contributed by atoms with Crippen LogP contribution < -0.4 is 22.9 Å². The molecule has 1 atom stereocenters. The molecule has 146 valence electrons. The summed E-state index contributed by atoms with van der Waals surface area (Å²) in [4.78, 5) is 5.13. The molecule has 24 heavy (non-hydrogen) atoms. The Hall–Kier alpha value is -0.240. The number of rotatable bonds is 17. The molecule has 6 nitrogen and oxygen atoms in total. The highest BCUT2D eigenvalue weighted by Crippen LogP contribution is 2.25. The Bertz CT molecular complexity index is 260. The van der Waals surface area contributed by atoms with E-state index in [-0.39, 0.29) is 5.54 Å². The molecule has 0 aromatic carbocycles. The van der Waals surface area contributed by atoms with Gasteiger partial charge in [-0.1, -0.05) is 6.92 Å². The first-order valence-corrected chi connectivity index (χ1v) is 9.85. The fourth-order valence-electron chi connectivity index (χ4n) is 3.14. The maximum Gasteiger partial charge on any atom is 0.0191 e. The van der Waals surface area contributed by atoms with Crippen LogP contribution >= 0.6 is 0 Å². The quantitative estimate of drug-likeness (QED) is 0.307. The van der Waals surface area contributed by atoms with Crippen LogP contribution in [0.5, 0.6) is 0 Å². The molecule has 0 aromatic rings. The monoisotopic (exact) mass is 344 g/mol. The summed E-state index contributed by atoms with van der Waals surface area (Å²) in [5.41, 5.74) is 23.1. The Balaban J connectivity index is 4.73. The molecule has 0 rings (SSSR count). The van der Waals surface area contributed by atoms with Crippen LogP contribution in [0.1, 0.15) is 52.4 Å². The number of hydrogen-bond donors (Lipinski definition) is 4. The predicted octanol–water partition coefficient (Wildman–Crippen LogP) is 0.544. The molecule has 0 saturated heterocycles. The Morgan fingerprint density at radius 3 is 1.46 bits per heavy atom. The average molecular weight is 345 g/mol. The second kappa shape index (κ2) is 15.0. The molecular formula is C18H44N6. The third-order valence-electron chi connectivity index (χ3n) is 5.11. The molecule has 0 aliphatic heterocycles. The highest BCUT2D eigenvalue weighted by molar-refractivity contribution is 4.86. The van der Waals surface area contributed by atoms with Crippen LogP contribution in [0.4, 0.5) is 0 Å². The van der Waals surface area contributed by atoms with Crippen molar-refractivity contribution in [2.75, 3.05) is 58.9 Å². The number of nitrogens with two attached hydrogens (primary N) is 4. The van der Waals surface area contributed by atoms with Gasteiger partial charge in [0.15, 0.2) is 0 Å². The second-order valence-corrected chi connectivity index (χ2v) is 7.00. The van der Waals surface area contributed by atoms with Crippen molar-refractivity contribution in [2.45, 2.75) is 57.9 Å². The van der Waals surface area contributed by atoms with Crippen molar-refractivity contribution in [2.24, 2.45) is 22.9 Å². The summed E-state index contributed by atoms with van der Waals surface area (Å²) in [6.45, 7) is 13.1. The van der Waals surface area contributed by atoms with Gasteiger partial charge in [-0.05, 0) is 104 Å². The first-order valence-electron chi connectivity index (χ1n) is 9.85. The van der Waals surface area contributed by atoms with Crippen LogP contribution in [0, 0.1) is 0 Å². The van der Waals surface area contributed by atoms with Crippen molar-refractivity contribution in [3.63, 3.8) is 0 Å². The minimum absolute atomic E-state index is 0.202. The third kappa shape index (κ3) is 9.91. The first-order chi connectivity index (χ1) is 11.6. The van der Waals surface area contributed by atoms with Crippen molar-refractivity contribution < 1.29 is 0 Å². The zero-order valence-electron chi connectivity index (χ0n) is 16.3. The van der Waals surface area contributed by atoms with Crippen LogP contribution in [0.3, 0.4) is 0 Å². The van der Waals surface area contributed by atoms with Crippen LogP contribution in [-0.4, -0.2) is 74.2 Å². The van der Waals surface area contributed by atoms with Crippen LogP contribution in [-0.2, 0) is 0 Å². The minimum Gasteiger partial charge on any atom is -0.330 e. The van der Waals surface area contributed by atoms with Crippen molar-refractivity contribution in [1.29, 1.82) is 0 Å². The van der Waals surface area contributed by atoms with Crippen LogP contribution in [0.15, 0.2) is 0 Å². The van der Waals surface area contributed by atoms with Crippen molar-refractivity contribution in [1.82, 2.24) is 9.80 Å². The van der Waals surface area contributed by atoms with Gasteiger partial charge in [0.1, 0.15) is 0 Å². The molecule has 0 fully saturated rings. The fourth-order valence-corrected chi connectivity index (χ4v) is 3.14. The van der Waals surface area contributed by atoms with Gasteiger partial charge in [-0.2, -0.15) is 0 Å². The molecule has 0 amide bonds. The summed E-state index contributed by atoms with van der Waals surface area (Å²) in [5.74, 6) is 0. The minimum atomic E-state index is 0.202. The fraction of sp³-hybridized carbons (Fsp3) is 1.00. The topological polar surface area (TPSA) is 111 Å². The van der Waals surface area contributed by atoms with Crippen molar-refractivity contribution >= 4 is 0 Å². The van der Waals surface area contributed by atoms with Gasteiger partial charge in [0.25, 0.3) is 0 Å². The summed E-state index contributed by atoms with van der Waals surface area (Å²) >= 11 is 0. The number of nitrogens with zero attached hydrogens (tertiary/aromatic N) is 2. The molecule has 0 saturated carbocycles. The average Bonchev–Trinajstić information content (AvgIpc) is 2.60. The van der Waals surface area contributed by atoms with Gasteiger partial charge in [-0.25, -0.2) is 0 Å². The molecular weight excluding hydrogens is 300 g/mol. The van der Waals surface area contributed by atoms with E-state index in [0.29, 0.717) is 0 Å². The first kappa shape index (κ1) is 23.8. The van der Waals surface area contributed by atoms with E-state index in [9.17, 15) is 0 Å². The van der Waals surface area contributed by atoms with E-state index in [1.165, 1.54) is 0 Å². The lowest BCUT2D eigenvalue weighted by Crippen LogP contribution is -2.49. The third-order valence-corrected chi connectivity index (χ3v) is 5.11. The predicted molar refractivity (Wildman–Crippen MR) is 106 cm³/mol. The highest BCUT2D eigenvalue weighted by atomic mass is 15.2. The zero-order chi connectivity index (χ0) is 18.3. The lowest BCUT2D eigenvalue weighted by Gasteiger charge is -2.42. The zero-order valence-corrected chi connectivity index (χ0v) is 16.3. The Labute approximate surface area is 150 Å². The molecule has 0 heterocycles. The molecule has 0 bridgehead atoms. The van der Waals surface area contributed by atoms with Gasteiger partial charge in [0.2, 0.25) is 0 Å². The lowest BCUT2D eigenvalue weighted by atomic mass is 9.91. The molecule has 1 unspecified atom stereocenters. The van der Waals surface area contributed by atoms with Gasteiger partial charge in [-0.3, -0.25) is 4.90 Å². The summed E-state index contributed by atoms with van der Waals surface area (Å²) in [6.07, 6.45) is 6.50. The van der Waals surface area contributed by atoms with E-state index < -0.39 is 0 Å².